The summed E-state index contributed by atoms with van der Waals surface area (Å²) in [7, 11) is 0. The van der Waals surface area contributed by atoms with Gasteiger partial charge in [-0.25, -0.2) is 0 Å². The van der Waals surface area contributed by atoms with Crippen molar-refractivity contribution in [2.75, 3.05) is 0 Å². The van der Waals surface area contributed by atoms with Crippen LogP contribution in [0.1, 0.15) is 6.92 Å². The van der Waals surface area contributed by atoms with Crippen molar-refractivity contribution in [2.45, 2.75) is 13.0 Å². The zero-order valence-electron chi connectivity index (χ0n) is 8.81. The molecule has 82 valence electrons. The van der Waals surface area contributed by atoms with Gasteiger partial charge in [0.1, 0.15) is 5.75 Å². The van der Waals surface area contributed by atoms with Crippen molar-refractivity contribution in [3.05, 3.63) is 41.4 Å². The van der Waals surface area contributed by atoms with Gasteiger partial charge in [-0.3, -0.25) is 4.79 Å². The molecule has 0 saturated heterocycles. The monoisotopic (exact) mass is 234 g/mol. The summed E-state index contributed by atoms with van der Waals surface area (Å²) in [6.45, 7) is 1.70. The quantitative estimate of drug-likeness (QED) is 0.761. The summed E-state index contributed by atoms with van der Waals surface area (Å²) in [5.41, 5.74) is 0. The zero-order valence-corrected chi connectivity index (χ0v) is 9.57. The Balaban J connectivity index is 2.54. The third-order valence-electron chi connectivity index (χ3n) is 2.34. The minimum atomic E-state index is -0.454. The van der Waals surface area contributed by atoms with Crippen molar-refractivity contribution in [3.8, 4) is 5.75 Å². The Morgan fingerprint density at radius 1 is 1.19 bits per heavy atom. The van der Waals surface area contributed by atoms with Crippen LogP contribution in [0.15, 0.2) is 36.4 Å². The van der Waals surface area contributed by atoms with Crippen LogP contribution in [0.2, 0.25) is 5.02 Å². The maximum atomic E-state index is 10.6. The first-order chi connectivity index (χ1) is 7.72. The Hall–Kier alpha value is -1.54. The third kappa shape index (κ3) is 2.02. The number of benzene rings is 2. The first-order valence-corrected chi connectivity index (χ1v) is 5.39. The number of aldehydes is 1. The number of halogens is 1. The number of fused-ring (bicyclic) bond motifs is 1. The minimum absolute atomic E-state index is 0.454. The normalized spacial score (nSPS) is 12.4. The summed E-state index contributed by atoms with van der Waals surface area (Å²) in [6, 6.07) is 11.2. The van der Waals surface area contributed by atoms with Gasteiger partial charge in [0.05, 0.1) is 0 Å². The van der Waals surface area contributed by atoms with E-state index in [1.54, 1.807) is 19.1 Å². The molecule has 0 saturated carbocycles. The highest BCUT2D eigenvalue weighted by Gasteiger charge is 2.07. The van der Waals surface area contributed by atoms with Crippen LogP contribution >= 0.6 is 11.6 Å². The van der Waals surface area contributed by atoms with E-state index in [4.69, 9.17) is 16.3 Å². The van der Waals surface area contributed by atoms with Gasteiger partial charge in [-0.1, -0.05) is 35.9 Å². The second kappa shape index (κ2) is 4.54. The van der Waals surface area contributed by atoms with E-state index in [1.807, 2.05) is 24.3 Å². The van der Waals surface area contributed by atoms with Crippen LogP contribution in [0.25, 0.3) is 10.8 Å². The lowest BCUT2D eigenvalue weighted by atomic mass is 10.1. The van der Waals surface area contributed by atoms with Crippen LogP contribution in [0, 0.1) is 0 Å². The number of hydrogen-bond donors (Lipinski definition) is 0. The Labute approximate surface area is 98.8 Å². The molecule has 0 amide bonds. The Morgan fingerprint density at radius 3 is 2.56 bits per heavy atom. The molecular formula is C13H11ClO2. The molecule has 0 heterocycles. The highest BCUT2D eigenvalue weighted by Crippen LogP contribution is 2.31. The topological polar surface area (TPSA) is 26.3 Å². The minimum Gasteiger partial charge on any atom is -0.483 e. The van der Waals surface area contributed by atoms with Crippen LogP contribution in [0.3, 0.4) is 0 Å². The standard InChI is InChI=1S/C13H11ClO2/c1-9(8-15)16-13-7-6-12(14)10-4-2-3-5-11(10)13/h2-9H,1H3. The fraction of sp³-hybridized carbons (Fsp3) is 0.154. The first-order valence-electron chi connectivity index (χ1n) is 5.01. The van der Waals surface area contributed by atoms with Crippen molar-refractivity contribution in [1.29, 1.82) is 0 Å². The molecule has 0 aliphatic rings. The SMILES string of the molecule is CC(C=O)Oc1ccc(Cl)c2ccccc12. The molecule has 2 aromatic carbocycles. The van der Waals surface area contributed by atoms with Crippen molar-refractivity contribution in [3.63, 3.8) is 0 Å². The maximum Gasteiger partial charge on any atom is 0.160 e. The van der Waals surface area contributed by atoms with Crippen molar-refractivity contribution in [2.24, 2.45) is 0 Å². The van der Waals surface area contributed by atoms with E-state index >= 15 is 0 Å². The van der Waals surface area contributed by atoms with E-state index in [9.17, 15) is 4.79 Å². The number of hydrogen-bond acceptors (Lipinski definition) is 2. The molecule has 2 nitrogen and oxygen atoms in total. The summed E-state index contributed by atoms with van der Waals surface area (Å²) in [4.78, 5) is 10.6. The van der Waals surface area contributed by atoms with Crippen LogP contribution in [0.5, 0.6) is 5.75 Å². The molecule has 0 bridgehead atoms. The smallest absolute Gasteiger partial charge is 0.160 e. The van der Waals surface area contributed by atoms with Gasteiger partial charge in [0.15, 0.2) is 12.4 Å². The molecule has 16 heavy (non-hydrogen) atoms. The fourth-order valence-electron chi connectivity index (χ4n) is 1.57. The molecule has 0 aliphatic heterocycles. The van der Waals surface area contributed by atoms with Crippen molar-refractivity contribution < 1.29 is 9.53 Å². The van der Waals surface area contributed by atoms with Crippen LogP contribution in [-0.2, 0) is 4.79 Å². The lowest BCUT2D eigenvalue weighted by Gasteiger charge is -2.12. The molecule has 0 fully saturated rings. The van der Waals surface area contributed by atoms with Gasteiger partial charge in [-0.2, -0.15) is 0 Å². The molecule has 3 heteroatoms. The van der Waals surface area contributed by atoms with E-state index in [-0.39, 0.29) is 0 Å². The van der Waals surface area contributed by atoms with Gasteiger partial charge in [0.2, 0.25) is 0 Å². The van der Waals surface area contributed by atoms with Crippen molar-refractivity contribution >= 4 is 28.7 Å². The number of carbonyl (C=O) groups excluding carboxylic acids is 1. The van der Waals surface area contributed by atoms with E-state index in [1.165, 1.54) is 0 Å². The van der Waals surface area contributed by atoms with Gasteiger partial charge in [-0.05, 0) is 19.1 Å². The lowest BCUT2D eigenvalue weighted by molar-refractivity contribution is -0.113. The molecular weight excluding hydrogens is 224 g/mol. The highest BCUT2D eigenvalue weighted by molar-refractivity contribution is 6.35. The Kier molecular flexibility index (Phi) is 3.11. The second-order valence-corrected chi connectivity index (χ2v) is 3.96. The summed E-state index contributed by atoms with van der Waals surface area (Å²) >= 11 is 6.07. The van der Waals surface area contributed by atoms with E-state index in [2.05, 4.69) is 0 Å². The van der Waals surface area contributed by atoms with Gasteiger partial charge in [-0.15, -0.1) is 0 Å². The summed E-state index contributed by atoms with van der Waals surface area (Å²) in [5, 5.41) is 2.53. The zero-order chi connectivity index (χ0) is 11.5. The van der Waals surface area contributed by atoms with E-state index in [0.717, 1.165) is 17.1 Å². The predicted octanol–water partition coefficient (Wildman–Crippen LogP) is 3.46. The molecule has 0 spiro atoms. The molecule has 1 atom stereocenters. The van der Waals surface area contributed by atoms with Gasteiger partial charge in [0, 0.05) is 15.8 Å². The largest absolute Gasteiger partial charge is 0.483 e. The summed E-state index contributed by atoms with van der Waals surface area (Å²) < 4.78 is 5.51. The van der Waals surface area contributed by atoms with Gasteiger partial charge in [0.25, 0.3) is 0 Å². The average molecular weight is 235 g/mol. The summed E-state index contributed by atoms with van der Waals surface area (Å²) in [5.74, 6) is 0.680. The van der Waals surface area contributed by atoms with Crippen LogP contribution < -0.4 is 4.74 Å². The van der Waals surface area contributed by atoms with Crippen LogP contribution in [-0.4, -0.2) is 12.4 Å². The second-order valence-electron chi connectivity index (χ2n) is 3.55. The van der Waals surface area contributed by atoms with Crippen LogP contribution in [0.4, 0.5) is 0 Å². The molecule has 0 N–H and O–H groups in total. The van der Waals surface area contributed by atoms with Crippen molar-refractivity contribution in [1.82, 2.24) is 0 Å². The fourth-order valence-corrected chi connectivity index (χ4v) is 1.79. The molecule has 0 aromatic heterocycles. The Morgan fingerprint density at radius 2 is 1.88 bits per heavy atom. The van der Waals surface area contributed by atoms with Gasteiger partial charge >= 0.3 is 0 Å². The molecule has 2 aromatic rings. The van der Waals surface area contributed by atoms with E-state index < -0.39 is 6.10 Å². The third-order valence-corrected chi connectivity index (χ3v) is 2.66. The maximum absolute atomic E-state index is 10.6. The molecule has 0 aliphatic carbocycles. The molecule has 0 radical (unpaired) electrons. The number of rotatable bonds is 3. The molecule has 1 unspecified atom stereocenters. The average Bonchev–Trinajstić information content (AvgIpc) is 2.33. The lowest BCUT2D eigenvalue weighted by Crippen LogP contribution is -2.12. The first kappa shape index (κ1) is 11.0. The number of carbonyl (C=O) groups is 1. The number of ether oxygens (including phenoxy) is 1. The Bertz CT molecular complexity index is 522. The van der Waals surface area contributed by atoms with Gasteiger partial charge < -0.3 is 4.74 Å². The summed E-state index contributed by atoms with van der Waals surface area (Å²) in [6.07, 6.45) is 0.313. The molecule has 2 rings (SSSR count). The van der Waals surface area contributed by atoms with E-state index in [0.29, 0.717) is 10.8 Å². The predicted molar refractivity (Wildman–Crippen MR) is 65.1 cm³/mol. The highest BCUT2D eigenvalue weighted by atomic mass is 35.5.